The van der Waals surface area contributed by atoms with Gasteiger partial charge in [0.15, 0.2) is 0 Å². The molecule has 1 aromatic heterocycles. The molecule has 0 unspecified atom stereocenters. The average Bonchev–Trinajstić information content (AvgIpc) is 3.20. The molecule has 1 amide bonds. The van der Waals surface area contributed by atoms with E-state index in [1.54, 1.807) is 41.2 Å². The van der Waals surface area contributed by atoms with E-state index in [-0.39, 0.29) is 23.9 Å². The third-order valence-corrected chi connectivity index (χ3v) is 6.85. The highest BCUT2D eigenvalue weighted by Gasteiger charge is 2.34. The van der Waals surface area contributed by atoms with Gasteiger partial charge in [0, 0.05) is 45.6 Å². The van der Waals surface area contributed by atoms with Gasteiger partial charge in [0.1, 0.15) is 0 Å². The third kappa shape index (κ3) is 2.77. The smallest absolute Gasteiger partial charge is 0.243 e. The molecule has 0 spiro atoms. The van der Waals surface area contributed by atoms with E-state index >= 15 is 0 Å². The van der Waals surface area contributed by atoms with Gasteiger partial charge < -0.3 is 9.80 Å². The Morgan fingerprint density at radius 1 is 1.12 bits per heavy atom. The Bertz CT molecular complexity index is 969. The maximum Gasteiger partial charge on any atom is 0.243 e. The van der Waals surface area contributed by atoms with Crippen LogP contribution in [-0.2, 0) is 28.3 Å². The van der Waals surface area contributed by atoms with Crippen LogP contribution in [0.25, 0.3) is 0 Å². The Balaban J connectivity index is 1.56. The van der Waals surface area contributed by atoms with Crippen molar-refractivity contribution in [2.75, 3.05) is 43.0 Å². The van der Waals surface area contributed by atoms with Crippen LogP contribution >= 0.6 is 0 Å². The Morgan fingerprint density at radius 3 is 2.62 bits per heavy atom. The molecule has 8 nitrogen and oxygen atoms in total. The van der Waals surface area contributed by atoms with Gasteiger partial charge in [0.2, 0.25) is 15.9 Å². The van der Waals surface area contributed by atoms with Crippen molar-refractivity contribution in [2.45, 2.75) is 11.3 Å². The number of aryl methyl sites for hydroxylation is 1. The minimum atomic E-state index is -3.70. The number of hydrogen-bond donors (Lipinski definition) is 0. The Morgan fingerprint density at radius 2 is 1.92 bits per heavy atom. The highest BCUT2D eigenvalue weighted by Crippen LogP contribution is 2.31. The first-order valence-electron chi connectivity index (χ1n) is 8.49. The molecule has 4 rings (SSSR count). The molecular formula is C17H21N5O3S. The molecule has 0 bridgehead atoms. The summed E-state index contributed by atoms with van der Waals surface area (Å²) in [6, 6.07) is 5.24. The lowest BCUT2D eigenvalue weighted by atomic mass is 10.2. The van der Waals surface area contributed by atoms with E-state index in [0.29, 0.717) is 12.2 Å². The molecule has 0 radical (unpaired) electrons. The fraction of sp³-hybridized carbons (Fsp3) is 0.412. The van der Waals surface area contributed by atoms with Crippen LogP contribution < -0.4 is 9.80 Å². The van der Waals surface area contributed by atoms with Crippen LogP contribution in [0.1, 0.15) is 5.56 Å². The van der Waals surface area contributed by atoms with E-state index in [2.05, 4.69) is 10.00 Å². The molecule has 0 atom stereocenters. The SMILES string of the molecule is CN1CCc2ccc(S(=O)(=O)N3CCN(c4cnn(C)c4)C(=O)C3)cc21. The fourth-order valence-electron chi connectivity index (χ4n) is 3.51. The summed E-state index contributed by atoms with van der Waals surface area (Å²) >= 11 is 0. The van der Waals surface area contributed by atoms with Gasteiger partial charge in [-0.3, -0.25) is 9.48 Å². The van der Waals surface area contributed by atoms with Gasteiger partial charge in [-0.1, -0.05) is 6.07 Å². The second-order valence-electron chi connectivity index (χ2n) is 6.72. The second-order valence-corrected chi connectivity index (χ2v) is 8.66. The molecule has 9 heteroatoms. The lowest BCUT2D eigenvalue weighted by molar-refractivity contribution is -0.119. The number of benzene rings is 1. The van der Waals surface area contributed by atoms with Crippen molar-refractivity contribution in [2.24, 2.45) is 7.05 Å². The molecule has 3 heterocycles. The summed E-state index contributed by atoms with van der Waals surface area (Å²) in [5, 5.41) is 4.07. The first kappa shape index (κ1) is 17.0. The number of rotatable bonds is 3. The van der Waals surface area contributed by atoms with Crippen LogP contribution in [0.3, 0.4) is 0 Å². The number of nitrogens with zero attached hydrogens (tertiary/aromatic N) is 5. The lowest BCUT2D eigenvalue weighted by Gasteiger charge is -2.33. The number of likely N-dealkylation sites (N-methyl/N-ethyl adjacent to an activating group) is 1. The minimum Gasteiger partial charge on any atom is -0.374 e. The predicted octanol–water partition coefficient (Wildman–Crippen LogP) is 0.450. The van der Waals surface area contributed by atoms with E-state index in [4.69, 9.17) is 0 Å². The van der Waals surface area contributed by atoms with Gasteiger partial charge in [-0.05, 0) is 24.1 Å². The monoisotopic (exact) mass is 375 g/mol. The van der Waals surface area contributed by atoms with Crippen molar-refractivity contribution in [1.82, 2.24) is 14.1 Å². The van der Waals surface area contributed by atoms with Crippen molar-refractivity contribution in [3.8, 4) is 0 Å². The summed E-state index contributed by atoms with van der Waals surface area (Å²) in [7, 11) is 0.0321. The second kappa shape index (κ2) is 6.10. The predicted molar refractivity (Wildman–Crippen MR) is 97.7 cm³/mol. The van der Waals surface area contributed by atoms with Crippen LogP contribution in [0, 0.1) is 0 Å². The van der Waals surface area contributed by atoms with Crippen LogP contribution in [0.15, 0.2) is 35.5 Å². The van der Waals surface area contributed by atoms with Gasteiger partial charge in [0.25, 0.3) is 0 Å². The molecule has 2 aliphatic rings. The van der Waals surface area contributed by atoms with Gasteiger partial charge in [-0.15, -0.1) is 0 Å². The molecule has 2 aromatic rings. The topological polar surface area (TPSA) is 78.8 Å². The Kier molecular flexibility index (Phi) is 4.00. The van der Waals surface area contributed by atoms with Crippen molar-refractivity contribution in [1.29, 1.82) is 0 Å². The molecule has 138 valence electrons. The largest absolute Gasteiger partial charge is 0.374 e. The summed E-state index contributed by atoms with van der Waals surface area (Å²) in [6.45, 7) is 1.30. The summed E-state index contributed by atoms with van der Waals surface area (Å²) in [5.41, 5.74) is 2.80. The summed E-state index contributed by atoms with van der Waals surface area (Å²) in [4.78, 5) is 16.4. The van der Waals surface area contributed by atoms with E-state index in [1.165, 1.54) is 4.31 Å². The summed E-state index contributed by atoms with van der Waals surface area (Å²) in [6.07, 6.45) is 4.28. The molecule has 2 aliphatic heterocycles. The zero-order valence-electron chi connectivity index (χ0n) is 14.8. The first-order chi connectivity index (χ1) is 12.4. The number of carbonyl (C=O) groups is 1. The van der Waals surface area contributed by atoms with Gasteiger partial charge >= 0.3 is 0 Å². The van der Waals surface area contributed by atoms with Crippen LogP contribution in [0.2, 0.25) is 0 Å². The molecule has 0 saturated carbocycles. The maximum absolute atomic E-state index is 13.0. The first-order valence-corrected chi connectivity index (χ1v) is 9.93. The van der Waals surface area contributed by atoms with E-state index in [9.17, 15) is 13.2 Å². The number of carbonyl (C=O) groups excluding carboxylic acids is 1. The summed E-state index contributed by atoms with van der Waals surface area (Å²) in [5.74, 6) is -0.244. The third-order valence-electron chi connectivity index (χ3n) is 5.01. The maximum atomic E-state index is 13.0. The highest BCUT2D eigenvalue weighted by atomic mass is 32.2. The van der Waals surface area contributed by atoms with Crippen molar-refractivity contribution >= 4 is 27.3 Å². The zero-order chi connectivity index (χ0) is 18.5. The van der Waals surface area contributed by atoms with E-state index in [0.717, 1.165) is 24.2 Å². The molecule has 1 aromatic carbocycles. The van der Waals surface area contributed by atoms with Crippen molar-refractivity contribution in [3.63, 3.8) is 0 Å². The van der Waals surface area contributed by atoms with E-state index in [1.807, 2.05) is 13.1 Å². The number of sulfonamides is 1. The van der Waals surface area contributed by atoms with Crippen LogP contribution in [-0.4, -0.2) is 61.6 Å². The molecule has 0 N–H and O–H groups in total. The number of aromatic nitrogens is 2. The number of amides is 1. The minimum absolute atomic E-state index is 0.163. The Labute approximate surface area is 152 Å². The number of piperazine rings is 1. The van der Waals surface area contributed by atoms with Gasteiger partial charge in [0.05, 0.1) is 23.3 Å². The molecule has 1 saturated heterocycles. The summed E-state index contributed by atoms with van der Waals surface area (Å²) < 4.78 is 28.9. The average molecular weight is 375 g/mol. The molecule has 26 heavy (non-hydrogen) atoms. The lowest BCUT2D eigenvalue weighted by Crippen LogP contribution is -2.52. The van der Waals surface area contributed by atoms with Crippen LogP contribution in [0.4, 0.5) is 11.4 Å². The number of fused-ring (bicyclic) bond motifs is 1. The number of hydrogen-bond acceptors (Lipinski definition) is 5. The van der Waals surface area contributed by atoms with Gasteiger partial charge in [-0.2, -0.15) is 9.40 Å². The van der Waals surface area contributed by atoms with Crippen molar-refractivity contribution < 1.29 is 13.2 Å². The quantitative estimate of drug-likeness (QED) is 0.778. The molecule has 1 fully saturated rings. The molecular weight excluding hydrogens is 354 g/mol. The van der Waals surface area contributed by atoms with E-state index < -0.39 is 10.0 Å². The Hall–Kier alpha value is -2.39. The van der Waals surface area contributed by atoms with Crippen LogP contribution in [0.5, 0.6) is 0 Å². The fourth-order valence-corrected chi connectivity index (χ4v) is 4.91. The zero-order valence-corrected chi connectivity index (χ0v) is 15.6. The number of anilines is 2. The van der Waals surface area contributed by atoms with Crippen molar-refractivity contribution in [3.05, 3.63) is 36.2 Å². The van der Waals surface area contributed by atoms with Gasteiger partial charge in [-0.25, -0.2) is 8.42 Å². The molecule has 0 aliphatic carbocycles. The standard InChI is InChI=1S/C17H21N5O3S/c1-19-6-5-13-3-4-15(9-16(13)19)26(24,25)21-7-8-22(17(23)12-21)14-10-18-20(2)11-14/h3-4,9-11H,5-8,12H2,1-2H3. The normalized spacial score (nSPS) is 18.5. The highest BCUT2D eigenvalue weighted by molar-refractivity contribution is 7.89.